The predicted molar refractivity (Wildman–Crippen MR) is 342 cm³/mol. The van der Waals surface area contributed by atoms with Crippen molar-refractivity contribution in [3.8, 4) is 11.5 Å². The lowest BCUT2D eigenvalue weighted by atomic mass is 9.85. The number of halogens is 3. The molecular formula is C64H93Cl2IN4O6Si2. The highest BCUT2D eigenvalue weighted by Gasteiger charge is 2.48. The molecule has 8 rings (SSSR count). The molecule has 0 spiro atoms. The van der Waals surface area contributed by atoms with E-state index in [4.69, 9.17) is 47.1 Å². The first-order valence-corrected chi connectivity index (χ1v) is 35.4. The van der Waals surface area contributed by atoms with Crippen LogP contribution in [0.15, 0.2) is 85.5 Å². The summed E-state index contributed by atoms with van der Waals surface area (Å²) in [5.74, 6) is 2.85. The van der Waals surface area contributed by atoms with Gasteiger partial charge in [0.05, 0.1) is 55.8 Å². The van der Waals surface area contributed by atoms with Gasteiger partial charge in [0.2, 0.25) is 0 Å². The third-order valence-corrected chi connectivity index (χ3v) is 33.9. The van der Waals surface area contributed by atoms with E-state index in [9.17, 15) is 9.90 Å². The maximum Gasteiger partial charge on any atom is 0.171 e. The van der Waals surface area contributed by atoms with Gasteiger partial charge in [0, 0.05) is 38.2 Å². The lowest BCUT2D eigenvalue weighted by molar-refractivity contribution is -0.112. The van der Waals surface area contributed by atoms with Crippen molar-refractivity contribution in [2.24, 2.45) is 23.7 Å². The number of aliphatic hydroxyl groups is 1. The number of ether oxygens (including phenoxy) is 4. The molecule has 7 unspecified atom stereocenters. The molecule has 434 valence electrons. The first kappa shape index (κ1) is 64.9. The number of carbonyl (C=O) groups is 1. The number of carbonyl (C=O) groups excluding carboxylic acids is 1. The Bertz CT molecular complexity index is 2830. The molecule has 0 saturated heterocycles. The number of hydrogen-bond acceptors (Lipinski definition) is 8. The van der Waals surface area contributed by atoms with Gasteiger partial charge in [0.1, 0.15) is 29.1 Å². The molecule has 2 saturated carbocycles. The maximum absolute atomic E-state index is 11.9. The number of hydrogen-bond donors (Lipinski definition) is 1. The van der Waals surface area contributed by atoms with Gasteiger partial charge in [-0.15, -0.1) is 0 Å². The molecule has 2 aliphatic rings. The van der Waals surface area contributed by atoms with Gasteiger partial charge in [-0.3, -0.25) is 0 Å². The first-order chi connectivity index (χ1) is 37.6. The number of fused-ring (bicyclic) bond motifs is 2. The van der Waals surface area contributed by atoms with Crippen LogP contribution in [0.25, 0.3) is 22.1 Å². The van der Waals surface area contributed by atoms with E-state index in [1.165, 1.54) is 5.39 Å². The fourth-order valence-electron chi connectivity index (χ4n) is 14.8. The zero-order valence-corrected chi connectivity index (χ0v) is 55.9. The van der Waals surface area contributed by atoms with Gasteiger partial charge < -0.3 is 37.3 Å². The van der Waals surface area contributed by atoms with Crippen molar-refractivity contribution in [3.63, 3.8) is 0 Å². The quantitative estimate of drug-likeness (QED) is 0.0431. The minimum absolute atomic E-state index is 0.0876. The second-order valence-corrected chi connectivity index (χ2v) is 37.6. The summed E-state index contributed by atoms with van der Waals surface area (Å²) in [6.07, 6.45) is 14.5. The molecule has 4 aromatic heterocycles. The number of nitrogens with zero attached hydrogens (tertiary/aromatic N) is 4. The van der Waals surface area contributed by atoms with Gasteiger partial charge in [-0.05, 0) is 159 Å². The second kappa shape index (κ2) is 28.8. The van der Waals surface area contributed by atoms with Crippen molar-refractivity contribution < 1.29 is 28.8 Å². The van der Waals surface area contributed by atoms with Crippen LogP contribution in [-0.2, 0) is 27.5 Å². The van der Waals surface area contributed by atoms with Gasteiger partial charge in [-0.25, -0.2) is 9.97 Å². The number of aromatic nitrogens is 4. The summed E-state index contributed by atoms with van der Waals surface area (Å²) < 4.78 is 28.8. The van der Waals surface area contributed by atoms with Gasteiger partial charge in [0.25, 0.3) is 0 Å². The van der Waals surface area contributed by atoms with Crippen molar-refractivity contribution in [2.75, 3.05) is 14.2 Å². The number of methoxy groups -OCH3 is 2. The van der Waals surface area contributed by atoms with Crippen LogP contribution in [0.4, 0.5) is 0 Å². The van der Waals surface area contributed by atoms with E-state index in [0.29, 0.717) is 63.3 Å². The van der Waals surface area contributed by atoms with Crippen molar-refractivity contribution in [1.82, 2.24) is 18.4 Å². The van der Waals surface area contributed by atoms with Gasteiger partial charge in [0.15, 0.2) is 16.5 Å². The molecule has 6 aromatic rings. The molecule has 79 heavy (non-hydrogen) atoms. The predicted octanol–water partition coefficient (Wildman–Crippen LogP) is 18.3. The molecule has 0 radical (unpaired) electrons. The van der Waals surface area contributed by atoms with Crippen molar-refractivity contribution in [3.05, 3.63) is 116 Å². The number of aliphatic hydroxyl groups excluding tert-OH is 1. The Hall–Kier alpha value is -3.29. The van der Waals surface area contributed by atoms with Gasteiger partial charge >= 0.3 is 0 Å². The highest BCUT2D eigenvalue weighted by molar-refractivity contribution is 14.1. The Morgan fingerprint density at radius 3 is 1.42 bits per heavy atom. The van der Waals surface area contributed by atoms with Crippen LogP contribution in [0.3, 0.4) is 0 Å². The molecule has 0 bridgehead atoms. The van der Waals surface area contributed by atoms with Crippen LogP contribution in [0.5, 0.6) is 11.5 Å². The van der Waals surface area contributed by atoms with E-state index >= 15 is 0 Å². The maximum atomic E-state index is 11.9. The molecule has 15 heteroatoms. The van der Waals surface area contributed by atoms with Crippen LogP contribution < -0.4 is 9.47 Å². The molecule has 2 aromatic carbocycles. The Morgan fingerprint density at radius 1 is 0.608 bits per heavy atom. The SMILES string of the molecule is CC(C)[Si](C(C)C)(C(C)C)n1ccc2c(I)c(Cl)cnc21.CCC1CC(OCc2ccc(OC)cc2)CC1C(O)c1c(Cl)cnc2c1ccn2[Si](C(C)C)(C(C)C)C(C)C.CCC1CC(OCc2ccc(OC)cc2)CC1C=O. The molecule has 0 aliphatic heterocycles. The molecule has 10 nitrogen and oxygen atoms in total. The Kier molecular flexibility index (Phi) is 23.7. The first-order valence-electron chi connectivity index (χ1n) is 29.2. The van der Waals surface area contributed by atoms with Crippen LogP contribution in [0.2, 0.25) is 43.3 Å². The lowest BCUT2D eigenvalue weighted by Gasteiger charge is -2.44. The smallest absolute Gasteiger partial charge is 0.171 e. The molecule has 4 heterocycles. The fraction of sp³-hybridized carbons (Fsp3) is 0.578. The molecule has 7 atom stereocenters. The molecule has 2 aliphatic carbocycles. The lowest BCUT2D eigenvalue weighted by Crippen LogP contribution is -2.51. The number of benzene rings is 2. The van der Waals surface area contributed by atoms with E-state index in [0.717, 1.165) is 98.3 Å². The van der Waals surface area contributed by atoms with Crippen molar-refractivity contribution in [1.29, 1.82) is 0 Å². The largest absolute Gasteiger partial charge is 0.497 e. The molecular weight excluding hydrogens is 1170 g/mol. The summed E-state index contributed by atoms with van der Waals surface area (Å²) in [6, 6.07) is 20.3. The number of rotatable bonds is 21. The second-order valence-electron chi connectivity index (χ2n) is 24.2. The Balaban J connectivity index is 0.000000212. The standard InChI is InChI=1S/C32H47ClN2O3Si.C16H24ClIN2Si.C16H22O3/c1-9-24-16-26(38-19-23-10-12-25(37-8)13-11-23)17-28(24)31(36)30-27-14-15-35(32(27)34-18-29(30)33)39(20(2)3,21(4)5)22(6)7;1-10(2)21(11(3)4,12(5)6)20-8-7-13-15(18)14(17)9-19-16(13)20;1-3-13-8-16(9-14(13)10-17)19-11-12-4-6-15(18-2)7-5-12/h10-15,18,20-22,24,26,28,31,36H,9,16-17,19H2,1-8H3;7-12H,1-6H3;4-7,10,13-14,16H,3,8-9,11H2,1-2H3. The molecule has 1 N–H and O–H groups in total. The average Bonchev–Trinajstić information content (AvgIpc) is 4.27. The van der Waals surface area contributed by atoms with Gasteiger partial charge in [-0.2, -0.15) is 0 Å². The van der Waals surface area contributed by atoms with E-state index in [1.807, 2.05) is 48.5 Å². The molecule has 0 amide bonds. The van der Waals surface area contributed by atoms with Gasteiger partial charge in [-0.1, -0.05) is 157 Å². The van der Waals surface area contributed by atoms with E-state index < -0.39 is 22.6 Å². The minimum Gasteiger partial charge on any atom is -0.497 e. The van der Waals surface area contributed by atoms with E-state index in [1.54, 1.807) is 26.6 Å². The van der Waals surface area contributed by atoms with E-state index in [2.05, 4.69) is 157 Å². The monoisotopic (exact) mass is 1270 g/mol. The highest BCUT2D eigenvalue weighted by Crippen LogP contribution is 2.49. The minimum atomic E-state index is -2.00. The average molecular weight is 1270 g/mol. The fourth-order valence-corrected chi connectivity index (χ4v) is 28.8. The summed E-state index contributed by atoms with van der Waals surface area (Å²) in [7, 11) is -0.413. The zero-order chi connectivity index (χ0) is 58.1. The van der Waals surface area contributed by atoms with Crippen molar-refractivity contribution in [2.45, 2.75) is 200 Å². The summed E-state index contributed by atoms with van der Waals surface area (Å²) in [5.41, 5.74) is 8.77. The zero-order valence-electron chi connectivity index (χ0n) is 50.2. The van der Waals surface area contributed by atoms with E-state index in [-0.39, 0.29) is 24.0 Å². The topological polar surface area (TPSA) is 110 Å². The number of aldehydes is 1. The third-order valence-electron chi connectivity index (χ3n) is 18.3. The summed E-state index contributed by atoms with van der Waals surface area (Å²) in [5, 5.41) is 15.4. The van der Waals surface area contributed by atoms with Crippen LogP contribution in [-0.4, -0.2) is 72.7 Å². The summed E-state index contributed by atoms with van der Waals surface area (Å²) in [6.45, 7) is 33.9. The highest BCUT2D eigenvalue weighted by atomic mass is 127. The van der Waals surface area contributed by atoms with Crippen LogP contribution in [0.1, 0.15) is 158 Å². The summed E-state index contributed by atoms with van der Waals surface area (Å²) in [4.78, 5) is 20.5. The Morgan fingerprint density at radius 2 is 1.01 bits per heavy atom. The summed E-state index contributed by atoms with van der Waals surface area (Å²) >= 11 is 15.4. The van der Waals surface area contributed by atoms with Crippen molar-refractivity contribution >= 4 is 90.6 Å². The normalized spacial score (nSPS) is 20.2. The molecule has 2 fully saturated rings. The number of pyridine rings is 2. The van der Waals surface area contributed by atoms with Crippen LogP contribution >= 0.6 is 45.8 Å². The Labute approximate surface area is 499 Å². The third kappa shape index (κ3) is 13.9. The van der Waals surface area contributed by atoms with Crippen LogP contribution in [0, 0.1) is 27.2 Å².